The molecule has 1 aromatic heterocycles. The second-order valence-corrected chi connectivity index (χ2v) is 8.65. The number of nitrogens with one attached hydrogen (secondary N) is 1. The topological polar surface area (TPSA) is 66.5 Å². The van der Waals surface area contributed by atoms with E-state index in [-0.39, 0.29) is 29.4 Å². The van der Waals surface area contributed by atoms with Gasteiger partial charge in [0.2, 0.25) is 5.91 Å². The average molecular weight is 345 g/mol. The minimum atomic E-state index is -3.02. The van der Waals surface area contributed by atoms with E-state index in [0.29, 0.717) is 13.0 Å². The lowest BCUT2D eigenvalue weighted by Gasteiger charge is -2.29. The second kappa shape index (κ2) is 7.57. The van der Waals surface area contributed by atoms with Gasteiger partial charge in [-0.05, 0) is 41.9 Å². The Bertz CT molecular complexity index is 580. The summed E-state index contributed by atoms with van der Waals surface area (Å²) < 4.78 is 23.0. The van der Waals surface area contributed by atoms with E-state index in [1.165, 1.54) is 5.56 Å². The number of nitrogens with zero attached hydrogens (tertiary/aromatic N) is 1. The fourth-order valence-corrected chi connectivity index (χ4v) is 5.38. The normalized spacial score (nSPS) is 21.9. The predicted octanol–water partition coefficient (Wildman–Crippen LogP) is 1.68. The lowest BCUT2D eigenvalue weighted by Crippen LogP contribution is -2.40. The lowest BCUT2D eigenvalue weighted by molar-refractivity contribution is -0.124. The number of thiophene rings is 1. The van der Waals surface area contributed by atoms with Crippen LogP contribution in [0, 0.1) is 5.92 Å². The molecule has 0 bridgehead atoms. The number of hydrogen-bond donors (Lipinski definition) is 1. The molecule has 22 heavy (non-hydrogen) atoms. The van der Waals surface area contributed by atoms with Crippen molar-refractivity contribution in [2.24, 2.45) is 5.92 Å². The molecule has 1 amide bonds. The average Bonchev–Trinajstić information content (AvgIpc) is 3.12. The van der Waals surface area contributed by atoms with Crippen LogP contribution in [0.4, 0.5) is 0 Å². The van der Waals surface area contributed by atoms with Gasteiger partial charge in [-0.15, -0.1) is 0 Å². The van der Waals surface area contributed by atoms with Crippen LogP contribution in [-0.2, 0) is 14.6 Å². The van der Waals surface area contributed by atoms with Gasteiger partial charge in [0.1, 0.15) is 0 Å². The van der Waals surface area contributed by atoms with Gasteiger partial charge in [-0.3, -0.25) is 9.69 Å². The Morgan fingerprint density at radius 3 is 2.68 bits per heavy atom. The summed E-state index contributed by atoms with van der Waals surface area (Å²) in [5.74, 6) is -0.388. The Hall–Kier alpha value is -0.920. The van der Waals surface area contributed by atoms with Crippen LogP contribution in [0.3, 0.4) is 0 Å². The zero-order chi connectivity index (χ0) is 16.2. The molecular formula is C15H24N2O3S2. The van der Waals surface area contributed by atoms with E-state index in [4.69, 9.17) is 0 Å². The van der Waals surface area contributed by atoms with Crippen molar-refractivity contribution >= 4 is 27.1 Å². The number of carbonyl (C=O) groups is 1. The standard InChI is InChI=1S/C15H24N2O3S2/c1-3-17(4-2)14(12-5-7-21-10-12)9-16-15(18)13-6-8-22(19,20)11-13/h5,7,10,13-14H,3-4,6,8-9,11H2,1-2H3,(H,16,18)/t13-,14+/m1/s1. The number of amides is 1. The first kappa shape index (κ1) is 17.4. The molecule has 1 saturated heterocycles. The number of sulfone groups is 1. The molecule has 1 fully saturated rings. The third-order valence-electron chi connectivity index (χ3n) is 4.25. The molecule has 2 heterocycles. The molecule has 0 radical (unpaired) electrons. The van der Waals surface area contributed by atoms with Crippen LogP contribution in [0.15, 0.2) is 16.8 Å². The monoisotopic (exact) mass is 344 g/mol. The Labute approximate surface area is 136 Å². The highest BCUT2D eigenvalue weighted by Crippen LogP contribution is 2.23. The largest absolute Gasteiger partial charge is 0.354 e. The number of carbonyl (C=O) groups excluding carboxylic acids is 1. The first-order valence-corrected chi connectivity index (χ1v) is 10.5. The van der Waals surface area contributed by atoms with Crippen molar-refractivity contribution in [3.05, 3.63) is 22.4 Å². The first-order chi connectivity index (χ1) is 10.5. The van der Waals surface area contributed by atoms with Gasteiger partial charge in [-0.2, -0.15) is 11.3 Å². The molecule has 124 valence electrons. The first-order valence-electron chi connectivity index (χ1n) is 7.71. The quantitative estimate of drug-likeness (QED) is 0.817. The van der Waals surface area contributed by atoms with Crippen molar-refractivity contribution in [1.82, 2.24) is 10.2 Å². The van der Waals surface area contributed by atoms with Crippen LogP contribution in [0.5, 0.6) is 0 Å². The maximum absolute atomic E-state index is 12.2. The summed E-state index contributed by atoms with van der Waals surface area (Å²) in [6.45, 7) is 6.55. The number of rotatable bonds is 7. The second-order valence-electron chi connectivity index (χ2n) is 5.64. The van der Waals surface area contributed by atoms with Crippen LogP contribution in [0.25, 0.3) is 0 Å². The highest BCUT2D eigenvalue weighted by atomic mass is 32.2. The van der Waals surface area contributed by atoms with Gasteiger partial charge in [0.15, 0.2) is 9.84 Å². The smallest absolute Gasteiger partial charge is 0.224 e. The van der Waals surface area contributed by atoms with Crippen LogP contribution in [-0.4, -0.2) is 50.4 Å². The van der Waals surface area contributed by atoms with E-state index in [9.17, 15) is 13.2 Å². The van der Waals surface area contributed by atoms with Crippen molar-refractivity contribution in [3.63, 3.8) is 0 Å². The number of hydrogen-bond acceptors (Lipinski definition) is 5. The molecule has 1 aliphatic rings. The molecule has 2 rings (SSSR count). The van der Waals surface area contributed by atoms with Gasteiger partial charge < -0.3 is 5.32 Å². The summed E-state index contributed by atoms with van der Waals surface area (Å²) in [5.41, 5.74) is 1.20. The van der Waals surface area contributed by atoms with Crippen LogP contribution in [0.1, 0.15) is 31.9 Å². The van der Waals surface area contributed by atoms with E-state index in [1.807, 2.05) is 5.38 Å². The van der Waals surface area contributed by atoms with Gasteiger partial charge >= 0.3 is 0 Å². The summed E-state index contributed by atoms with van der Waals surface area (Å²) in [6.07, 6.45) is 0.447. The van der Waals surface area contributed by atoms with Crippen molar-refractivity contribution < 1.29 is 13.2 Å². The molecule has 0 saturated carbocycles. The van der Waals surface area contributed by atoms with Crippen molar-refractivity contribution in [1.29, 1.82) is 0 Å². The Morgan fingerprint density at radius 1 is 1.45 bits per heavy atom. The van der Waals surface area contributed by atoms with E-state index >= 15 is 0 Å². The van der Waals surface area contributed by atoms with Gasteiger partial charge in [-0.25, -0.2) is 8.42 Å². The minimum absolute atomic E-state index is 0.00673. The summed E-state index contributed by atoms with van der Waals surface area (Å²) in [7, 11) is -3.02. The molecule has 1 N–H and O–H groups in total. The molecule has 0 aliphatic carbocycles. The Kier molecular flexibility index (Phi) is 6.00. The van der Waals surface area contributed by atoms with Crippen LogP contribution >= 0.6 is 11.3 Å². The van der Waals surface area contributed by atoms with E-state index < -0.39 is 9.84 Å². The molecule has 7 heteroatoms. The maximum Gasteiger partial charge on any atom is 0.224 e. The van der Waals surface area contributed by atoms with Gasteiger partial charge in [0.05, 0.1) is 23.5 Å². The Morgan fingerprint density at radius 2 is 2.18 bits per heavy atom. The zero-order valence-electron chi connectivity index (χ0n) is 13.1. The van der Waals surface area contributed by atoms with E-state index in [2.05, 4.69) is 35.5 Å². The minimum Gasteiger partial charge on any atom is -0.354 e. The molecule has 1 aliphatic heterocycles. The Balaban J connectivity index is 1.98. The summed E-state index contributed by atoms with van der Waals surface area (Å²) in [4.78, 5) is 14.5. The third kappa shape index (κ3) is 4.30. The molecule has 0 spiro atoms. The zero-order valence-corrected chi connectivity index (χ0v) is 14.8. The predicted molar refractivity (Wildman–Crippen MR) is 89.8 cm³/mol. The maximum atomic E-state index is 12.2. The van der Waals surface area contributed by atoms with Crippen LogP contribution in [0.2, 0.25) is 0 Å². The summed E-state index contributed by atoms with van der Waals surface area (Å²) in [5, 5.41) is 7.10. The summed E-state index contributed by atoms with van der Waals surface area (Å²) in [6, 6.07) is 2.23. The van der Waals surface area contributed by atoms with Crippen molar-refractivity contribution in [2.45, 2.75) is 26.3 Å². The van der Waals surface area contributed by atoms with Gasteiger partial charge in [0, 0.05) is 6.54 Å². The van der Waals surface area contributed by atoms with E-state index in [1.54, 1.807) is 11.3 Å². The molecule has 5 nitrogen and oxygen atoms in total. The fraction of sp³-hybridized carbons (Fsp3) is 0.667. The molecule has 1 aromatic rings. The highest BCUT2D eigenvalue weighted by Gasteiger charge is 2.33. The molecule has 0 aromatic carbocycles. The molecule has 2 atom stereocenters. The SMILES string of the molecule is CCN(CC)[C@@H](CNC(=O)[C@@H]1CCS(=O)(=O)C1)c1ccsc1. The van der Waals surface area contributed by atoms with Gasteiger partial charge in [-0.1, -0.05) is 13.8 Å². The molecule has 0 unspecified atom stereocenters. The van der Waals surface area contributed by atoms with Crippen molar-refractivity contribution in [2.75, 3.05) is 31.1 Å². The molecular weight excluding hydrogens is 320 g/mol. The van der Waals surface area contributed by atoms with Crippen LogP contribution < -0.4 is 5.32 Å². The summed E-state index contributed by atoms with van der Waals surface area (Å²) >= 11 is 1.65. The fourth-order valence-electron chi connectivity index (χ4n) is 2.93. The third-order valence-corrected chi connectivity index (χ3v) is 6.72. The van der Waals surface area contributed by atoms with Gasteiger partial charge in [0.25, 0.3) is 0 Å². The number of likely N-dealkylation sites (N-methyl/N-ethyl adjacent to an activating group) is 1. The van der Waals surface area contributed by atoms with E-state index in [0.717, 1.165) is 13.1 Å². The lowest BCUT2D eigenvalue weighted by atomic mass is 10.1. The highest BCUT2D eigenvalue weighted by molar-refractivity contribution is 7.91. The van der Waals surface area contributed by atoms with Crippen molar-refractivity contribution in [3.8, 4) is 0 Å².